The third kappa shape index (κ3) is 5.34. The lowest BCUT2D eigenvalue weighted by Gasteiger charge is -2.26. The van der Waals surface area contributed by atoms with Gasteiger partial charge in [0.15, 0.2) is 16.8 Å². The van der Waals surface area contributed by atoms with Gasteiger partial charge in [0, 0.05) is 16.3 Å². The Morgan fingerprint density at radius 2 is 1.74 bits per heavy atom. The average Bonchev–Trinajstić information content (AvgIpc) is 3.17. The standard InChI is InChI=1S/C23H24ClFN4OS/c1-16(22(30)17-5-7-18(24)8-6-17)31-23-27-26-21(15-28-13-3-2-4-14-28)29(23)20-11-9-19(25)10-12-20/h5-12,16H,2-4,13-15H2,1H3/t16-/m1/s1. The molecular weight excluding hydrogens is 435 g/mol. The molecule has 0 bridgehead atoms. The van der Waals surface area contributed by atoms with E-state index >= 15 is 0 Å². The fourth-order valence-corrected chi connectivity index (χ4v) is 4.80. The van der Waals surface area contributed by atoms with Gasteiger partial charge in [-0.15, -0.1) is 10.2 Å². The van der Waals surface area contributed by atoms with E-state index in [1.54, 1.807) is 36.4 Å². The van der Waals surface area contributed by atoms with E-state index in [1.807, 2.05) is 11.5 Å². The number of rotatable bonds is 7. The van der Waals surface area contributed by atoms with Crippen LogP contribution >= 0.6 is 23.4 Å². The van der Waals surface area contributed by atoms with Gasteiger partial charge in [-0.2, -0.15) is 0 Å². The highest BCUT2D eigenvalue weighted by Gasteiger charge is 2.23. The summed E-state index contributed by atoms with van der Waals surface area (Å²) in [5.41, 5.74) is 1.39. The fraction of sp³-hybridized carbons (Fsp3) is 0.348. The zero-order chi connectivity index (χ0) is 21.8. The SMILES string of the molecule is C[C@@H](Sc1nnc(CN2CCCCC2)n1-c1ccc(F)cc1)C(=O)c1ccc(Cl)cc1. The lowest BCUT2D eigenvalue weighted by Crippen LogP contribution is -2.30. The van der Waals surface area contributed by atoms with Gasteiger partial charge in [-0.1, -0.05) is 29.8 Å². The van der Waals surface area contributed by atoms with Crippen molar-refractivity contribution in [3.63, 3.8) is 0 Å². The van der Waals surface area contributed by atoms with Crippen molar-refractivity contribution in [1.82, 2.24) is 19.7 Å². The average molecular weight is 459 g/mol. The minimum atomic E-state index is -0.368. The number of hydrogen-bond acceptors (Lipinski definition) is 5. The van der Waals surface area contributed by atoms with Gasteiger partial charge in [0.05, 0.1) is 11.8 Å². The Kier molecular flexibility index (Phi) is 7.05. The minimum Gasteiger partial charge on any atom is -0.296 e. The molecule has 8 heteroatoms. The molecule has 0 radical (unpaired) electrons. The Morgan fingerprint density at radius 1 is 1.06 bits per heavy atom. The summed E-state index contributed by atoms with van der Waals surface area (Å²) in [5, 5.41) is 9.67. The van der Waals surface area contributed by atoms with Gasteiger partial charge in [0.25, 0.3) is 0 Å². The second-order valence-electron chi connectivity index (χ2n) is 7.68. The number of benzene rings is 2. The summed E-state index contributed by atoms with van der Waals surface area (Å²) < 4.78 is 15.5. The lowest BCUT2D eigenvalue weighted by atomic mass is 10.1. The molecule has 3 aromatic rings. The number of thioether (sulfide) groups is 1. The van der Waals surface area contributed by atoms with E-state index in [1.165, 1.54) is 43.2 Å². The lowest BCUT2D eigenvalue weighted by molar-refractivity contribution is 0.0994. The molecule has 4 rings (SSSR count). The van der Waals surface area contributed by atoms with Gasteiger partial charge in [0.2, 0.25) is 0 Å². The molecule has 1 saturated heterocycles. The molecule has 1 aromatic heterocycles. The van der Waals surface area contributed by atoms with Crippen LogP contribution in [-0.2, 0) is 6.54 Å². The van der Waals surface area contributed by atoms with Gasteiger partial charge in [-0.3, -0.25) is 14.3 Å². The normalized spacial score (nSPS) is 15.7. The number of nitrogens with zero attached hydrogens (tertiary/aromatic N) is 4. The van der Waals surface area contributed by atoms with Gasteiger partial charge in [-0.25, -0.2) is 4.39 Å². The molecule has 0 aliphatic carbocycles. The maximum Gasteiger partial charge on any atom is 0.196 e. The Labute approximate surface area is 190 Å². The third-order valence-electron chi connectivity index (χ3n) is 5.38. The van der Waals surface area contributed by atoms with Gasteiger partial charge >= 0.3 is 0 Å². The summed E-state index contributed by atoms with van der Waals surface area (Å²) in [5.74, 6) is 0.491. The molecule has 31 heavy (non-hydrogen) atoms. The Hall–Kier alpha value is -2.22. The van der Waals surface area contributed by atoms with Crippen LogP contribution < -0.4 is 0 Å². The molecule has 1 atom stereocenters. The molecule has 0 unspecified atom stereocenters. The van der Waals surface area contributed by atoms with E-state index < -0.39 is 0 Å². The maximum absolute atomic E-state index is 13.5. The number of carbonyl (C=O) groups excluding carboxylic acids is 1. The van der Waals surface area contributed by atoms with Crippen LogP contribution in [0.3, 0.4) is 0 Å². The monoisotopic (exact) mass is 458 g/mol. The predicted octanol–water partition coefficient (Wildman–Crippen LogP) is 5.41. The van der Waals surface area contributed by atoms with Gasteiger partial charge < -0.3 is 0 Å². The first-order valence-corrected chi connectivity index (χ1v) is 11.7. The zero-order valence-corrected chi connectivity index (χ0v) is 18.9. The first-order valence-electron chi connectivity index (χ1n) is 10.4. The summed E-state index contributed by atoms with van der Waals surface area (Å²) in [4.78, 5) is 15.3. The summed E-state index contributed by atoms with van der Waals surface area (Å²) in [6.45, 7) is 4.59. The van der Waals surface area contributed by atoms with Gasteiger partial charge in [0.1, 0.15) is 5.82 Å². The third-order valence-corrected chi connectivity index (χ3v) is 6.67. The van der Waals surface area contributed by atoms with Crippen LogP contribution in [0.25, 0.3) is 5.69 Å². The van der Waals surface area contributed by atoms with Crippen molar-refractivity contribution in [2.45, 2.75) is 43.1 Å². The molecule has 0 spiro atoms. The molecule has 162 valence electrons. The Morgan fingerprint density at radius 3 is 2.42 bits per heavy atom. The van der Waals surface area contributed by atoms with Crippen LogP contribution in [0.1, 0.15) is 42.4 Å². The molecule has 5 nitrogen and oxygen atoms in total. The maximum atomic E-state index is 13.5. The summed E-state index contributed by atoms with van der Waals surface area (Å²) in [6, 6.07) is 13.2. The summed E-state index contributed by atoms with van der Waals surface area (Å²) >= 11 is 7.29. The predicted molar refractivity (Wildman–Crippen MR) is 122 cm³/mol. The smallest absolute Gasteiger partial charge is 0.196 e. The van der Waals surface area contributed by atoms with Crippen LogP contribution in [0.5, 0.6) is 0 Å². The molecule has 2 heterocycles. The van der Waals surface area contributed by atoms with Crippen molar-refractivity contribution in [1.29, 1.82) is 0 Å². The Bertz CT molecular complexity index is 1030. The number of halogens is 2. The molecule has 1 fully saturated rings. The first kappa shape index (κ1) is 22.0. The highest BCUT2D eigenvalue weighted by Crippen LogP contribution is 2.29. The van der Waals surface area contributed by atoms with E-state index in [4.69, 9.17) is 11.6 Å². The highest BCUT2D eigenvalue weighted by molar-refractivity contribution is 8.00. The number of hydrogen-bond donors (Lipinski definition) is 0. The fourth-order valence-electron chi connectivity index (χ4n) is 3.71. The van der Waals surface area contributed by atoms with Gasteiger partial charge in [-0.05, 0) is 81.4 Å². The van der Waals surface area contributed by atoms with E-state index in [9.17, 15) is 9.18 Å². The number of carbonyl (C=O) groups is 1. The minimum absolute atomic E-state index is 0.00657. The molecule has 1 aliphatic rings. The van der Waals surface area contributed by atoms with Crippen LogP contribution in [0.2, 0.25) is 5.02 Å². The number of Topliss-reactive ketones (excluding diaryl/α,β-unsaturated/α-hetero) is 1. The number of ketones is 1. The van der Waals surface area contributed by atoms with Crippen molar-refractivity contribution in [2.24, 2.45) is 0 Å². The zero-order valence-electron chi connectivity index (χ0n) is 17.3. The molecule has 0 amide bonds. The second kappa shape index (κ2) is 9.94. The van der Waals surface area contributed by atoms with Crippen LogP contribution in [0.4, 0.5) is 4.39 Å². The van der Waals surface area contributed by atoms with Crippen LogP contribution in [-0.4, -0.2) is 43.8 Å². The molecule has 0 N–H and O–H groups in total. The summed E-state index contributed by atoms with van der Waals surface area (Å²) in [6.07, 6.45) is 3.62. The van der Waals surface area contributed by atoms with Crippen LogP contribution in [0.15, 0.2) is 53.7 Å². The molecule has 0 saturated carbocycles. The first-order chi connectivity index (χ1) is 15.0. The van der Waals surface area contributed by atoms with Crippen molar-refractivity contribution < 1.29 is 9.18 Å². The number of likely N-dealkylation sites (tertiary alicyclic amines) is 1. The highest BCUT2D eigenvalue weighted by atomic mass is 35.5. The topological polar surface area (TPSA) is 51.0 Å². The molecular formula is C23H24ClFN4OS. The summed E-state index contributed by atoms with van der Waals surface area (Å²) in [7, 11) is 0. The van der Waals surface area contributed by atoms with E-state index in [2.05, 4.69) is 15.1 Å². The van der Waals surface area contributed by atoms with Crippen molar-refractivity contribution in [2.75, 3.05) is 13.1 Å². The molecule has 1 aliphatic heterocycles. The largest absolute Gasteiger partial charge is 0.296 e. The number of piperidine rings is 1. The van der Waals surface area contributed by atoms with E-state index in [-0.39, 0.29) is 16.9 Å². The van der Waals surface area contributed by atoms with Crippen LogP contribution in [0, 0.1) is 5.82 Å². The second-order valence-corrected chi connectivity index (χ2v) is 9.42. The quantitative estimate of drug-likeness (QED) is 0.350. The Balaban J connectivity index is 1.60. The molecule has 2 aromatic carbocycles. The van der Waals surface area contributed by atoms with Crippen molar-refractivity contribution in [3.05, 3.63) is 70.8 Å². The number of aromatic nitrogens is 3. The van der Waals surface area contributed by atoms with E-state index in [0.717, 1.165) is 24.6 Å². The van der Waals surface area contributed by atoms with Crippen molar-refractivity contribution in [3.8, 4) is 5.69 Å². The van der Waals surface area contributed by atoms with Crippen molar-refractivity contribution >= 4 is 29.1 Å². The van der Waals surface area contributed by atoms with E-state index in [0.29, 0.717) is 22.3 Å².